The van der Waals surface area contributed by atoms with Crippen molar-refractivity contribution in [1.82, 2.24) is 9.97 Å². The van der Waals surface area contributed by atoms with Crippen LogP contribution in [0.1, 0.15) is 11.1 Å². The highest BCUT2D eigenvalue weighted by Crippen LogP contribution is 2.40. The van der Waals surface area contributed by atoms with Crippen molar-refractivity contribution in [2.75, 3.05) is 5.32 Å². The van der Waals surface area contributed by atoms with Gasteiger partial charge in [0.25, 0.3) is 0 Å². The van der Waals surface area contributed by atoms with E-state index in [-0.39, 0.29) is 5.57 Å². The molecule has 28 heavy (non-hydrogen) atoms. The average molecular weight is 373 g/mol. The summed E-state index contributed by atoms with van der Waals surface area (Å²) in [6.45, 7) is 0. The van der Waals surface area contributed by atoms with Crippen LogP contribution in [0, 0.1) is 0 Å². The average Bonchev–Trinajstić information content (AvgIpc) is 3.38. The second kappa shape index (κ2) is 6.09. The number of aromatic nitrogens is 2. The molecule has 0 spiro atoms. The zero-order valence-corrected chi connectivity index (χ0v) is 14.5. The number of rotatable bonds is 3. The molecule has 0 amide bonds. The molecule has 0 radical (unpaired) electrons. The number of ether oxygens (including phenoxy) is 1. The number of carbonyl (C=O) groups is 2. The number of H-pyrrole nitrogens is 1. The number of hydrogen-bond donors (Lipinski definition) is 3. The molecule has 1 aromatic carbocycles. The van der Waals surface area contributed by atoms with Crippen LogP contribution in [0.5, 0.6) is 0 Å². The summed E-state index contributed by atoms with van der Waals surface area (Å²) in [5, 5.41) is 13.5. The molecule has 7 heteroatoms. The van der Waals surface area contributed by atoms with E-state index in [1.165, 1.54) is 0 Å². The van der Waals surface area contributed by atoms with E-state index in [1.807, 2.05) is 48.7 Å². The molecule has 2 aromatic heterocycles. The molecule has 2 aliphatic rings. The number of carbonyl (C=O) groups excluding carboxylic acids is 1. The number of aromatic amines is 1. The normalized spacial score (nSPS) is 22.1. The fraction of sp³-hybridized carbons (Fsp3) is 0.0952. The molecule has 0 saturated heterocycles. The number of aliphatic carboxylic acids is 1. The largest absolute Gasteiger partial charge is 0.486 e. The highest BCUT2D eigenvalue weighted by Gasteiger charge is 2.43. The van der Waals surface area contributed by atoms with Gasteiger partial charge in [-0.3, -0.25) is 4.79 Å². The lowest BCUT2D eigenvalue weighted by Crippen LogP contribution is -2.37. The highest BCUT2D eigenvalue weighted by atomic mass is 16.5. The van der Waals surface area contributed by atoms with E-state index in [9.17, 15) is 14.7 Å². The van der Waals surface area contributed by atoms with Crippen molar-refractivity contribution in [3.63, 3.8) is 0 Å². The minimum atomic E-state index is -1.28. The van der Waals surface area contributed by atoms with Crippen molar-refractivity contribution in [3.8, 4) is 0 Å². The molecular weight excluding hydrogens is 358 g/mol. The second-order valence-corrected chi connectivity index (χ2v) is 6.67. The van der Waals surface area contributed by atoms with Crippen molar-refractivity contribution in [2.45, 2.75) is 12.1 Å². The van der Waals surface area contributed by atoms with Gasteiger partial charge >= 0.3 is 5.97 Å². The molecule has 0 aliphatic carbocycles. The van der Waals surface area contributed by atoms with Crippen LogP contribution in [0.25, 0.3) is 22.7 Å². The standard InChI is InChI=1S/C21H15N3O4/c25-18-15(21(26)27)10-28-19(18)17-14(13-4-1-2-6-16(13)24-17)8-11-9-23-20-12(11)5-3-7-22-20/h1-10,17,19,24H,(H,22,23)(H,26,27)/b14-8-. The topological polar surface area (TPSA) is 104 Å². The summed E-state index contributed by atoms with van der Waals surface area (Å²) < 4.78 is 5.48. The number of Topliss-reactive ketones (excluding diaryl/α,β-unsaturated/α-hetero) is 1. The molecule has 2 unspecified atom stereocenters. The van der Waals surface area contributed by atoms with Crippen molar-refractivity contribution in [2.24, 2.45) is 0 Å². The lowest BCUT2D eigenvalue weighted by molar-refractivity contribution is -0.134. The van der Waals surface area contributed by atoms with Gasteiger partial charge in [-0.15, -0.1) is 0 Å². The first kappa shape index (κ1) is 16.3. The van der Waals surface area contributed by atoms with E-state index >= 15 is 0 Å². The first-order valence-corrected chi connectivity index (χ1v) is 8.76. The minimum Gasteiger partial charge on any atom is -0.486 e. The maximum atomic E-state index is 12.6. The quantitative estimate of drug-likeness (QED) is 0.610. The summed E-state index contributed by atoms with van der Waals surface area (Å²) in [5.41, 5.74) is 4.05. The van der Waals surface area contributed by atoms with Crippen LogP contribution in [-0.2, 0) is 14.3 Å². The van der Waals surface area contributed by atoms with E-state index in [0.717, 1.165) is 39.7 Å². The van der Waals surface area contributed by atoms with Crippen LogP contribution in [0.3, 0.4) is 0 Å². The summed E-state index contributed by atoms with van der Waals surface area (Å²) in [4.78, 5) is 31.3. The molecule has 3 aromatic rings. The van der Waals surface area contributed by atoms with Gasteiger partial charge in [-0.05, 0) is 29.8 Å². The highest BCUT2D eigenvalue weighted by molar-refractivity contribution is 6.20. The van der Waals surface area contributed by atoms with Crippen LogP contribution in [-0.4, -0.2) is 39.0 Å². The van der Waals surface area contributed by atoms with Crippen molar-refractivity contribution >= 4 is 40.1 Å². The van der Waals surface area contributed by atoms with E-state index in [2.05, 4.69) is 15.3 Å². The number of benzene rings is 1. The van der Waals surface area contributed by atoms with Gasteiger partial charge in [-0.25, -0.2) is 9.78 Å². The molecule has 4 heterocycles. The van der Waals surface area contributed by atoms with Gasteiger partial charge in [0.05, 0.1) is 6.04 Å². The molecule has 7 nitrogen and oxygen atoms in total. The molecular formula is C21H15N3O4. The Bertz CT molecular complexity index is 1190. The Morgan fingerprint density at radius 3 is 2.89 bits per heavy atom. The number of carboxylic acids is 1. The first-order chi connectivity index (χ1) is 13.6. The van der Waals surface area contributed by atoms with E-state index in [4.69, 9.17) is 4.74 Å². The maximum Gasteiger partial charge on any atom is 0.342 e. The first-order valence-electron chi connectivity index (χ1n) is 8.76. The molecule has 3 N–H and O–H groups in total. The van der Waals surface area contributed by atoms with Gasteiger partial charge in [0, 0.05) is 34.6 Å². The van der Waals surface area contributed by atoms with Gasteiger partial charge in [0.1, 0.15) is 17.5 Å². The number of hydrogen-bond acceptors (Lipinski definition) is 5. The van der Waals surface area contributed by atoms with Crippen molar-refractivity contribution < 1.29 is 19.4 Å². The monoisotopic (exact) mass is 373 g/mol. The van der Waals surface area contributed by atoms with Crippen molar-refractivity contribution in [1.29, 1.82) is 0 Å². The number of anilines is 1. The molecule has 138 valence electrons. The van der Waals surface area contributed by atoms with Gasteiger partial charge in [-0.1, -0.05) is 18.2 Å². The Balaban J connectivity index is 1.60. The number of pyridine rings is 1. The molecule has 0 saturated carbocycles. The third-order valence-electron chi connectivity index (χ3n) is 5.07. The van der Waals surface area contributed by atoms with E-state index < -0.39 is 23.9 Å². The number of ketones is 1. The predicted molar refractivity (Wildman–Crippen MR) is 103 cm³/mol. The molecule has 0 bridgehead atoms. The van der Waals surface area contributed by atoms with Gasteiger partial charge < -0.3 is 20.1 Å². The summed E-state index contributed by atoms with van der Waals surface area (Å²) in [5.74, 6) is -1.82. The van der Waals surface area contributed by atoms with Crippen LogP contribution in [0.15, 0.2) is 60.6 Å². The van der Waals surface area contributed by atoms with Crippen LogP contribution >= 0.6 is 0 Å². The summed E-state index contributed by atoms with van der Waals surface area (Å²) >= 11 is 0. The molecule has 2 atom stereocenters. The van der Waals surface area contributed by atoms with Gasteiger partial charge in [-0.2, -0.15) is 0 Å². The predicted octanol–water partition coefficient (Wildman–Crippen LogP) is 2.83. The van der Waals surface area contributed by atoms with E-state index in [1.54, 1.807) is 6.20 Å². The maximum absolute atomic E-state index is 12.6. The van der Waals surface area contributed by atoms with E-state index in [0.29, 0.717) is 0 Å². The fourth-order valence-electron chi connectivity index (χ4n) is 3.74. The third-order valence-corrected chi connectivity index (χ3v) is 5.07. The lowest BCUT2D eigenvalue weighted by atomic mass is 9.93. The lowest BCUT2D eigenvalue weighted by Gasteiger charge is -2.20. The van der Waals surface area contributed by atoms with Gasteiger partial charge in [0.2, 0.25) is 5.78 Å². The fourth-order valence-corrected chi connectivity index (χ4v) is 3.74. The number of para-hydroxylation sites is 1. The number of carboxylic acid groups (broad SMARTS) is 1. The molecule has 0 fully saturated rings. The summed E-state index contributed by atoms with van der Waals surface area (Å²) in [6.07, 6.45) is 5.66. The van der Waals surface area contributed by atoms with Gasteiger partial charge in [0.15, 0.2) is 6.10 Å². The Labute approximate surface area is 159 Å². The second-order valence-electron chi connectivity index (χ2n) is 6.67. The SMILES string of the molecule is O=C(O)C1=COC(C2Nc3ccccc3/C2=C/c2c[nH]c3ncccc23)C1=O. The summed E-state index contributed by atoms with van der Waals surface area (Å²) in [7, 11) is 0. The molecule has 5 rings (SSSR count). The Morgan fingerprint density at radius 1 is 1.21 bits per heavy atom. The zero-order valence-electron chi connectivity index (χ0n) is 14.5. The Kier molecular flexibility index (Phi) is 3.55. The smallest absolute Gasteiger partial charge is 0.342 e. The van der Waals surface area contributed by atoms with Crippen LogP contribution < -0.4 is 5.32 Å². The minimum absolute atomic E-state index is 0.335. The van der Waals surface area contributed by atoms with Crippen LogP contribution in [0.4, 0.5) is 5.69 Å². The van der Waals surface area contributed by atoms with Crippen molar-refractivity contribution in [3.05, 3.63) is 71.8 Å². The zero-order chi connectivity index (χ0) is 19.3. The molecule has 2 aliphatic heterocycles. The summed E-state index contributed by atoms with van der Waals surface area (Å²) in [6, 6.07) is 11.0. The number of nitrogens with zero attached hydrogens (tertiary/aromatic N) is 1. The third kappa shape index (κ3) is 2.40. The van der Waals surface area contributed by atoms with Crippen LogP contribution in [0.2, 0.25) is 0 Å². The number of fused-ring (bicyclic) bond motifs is 2. The Hall–Kier alpha value is -3.87. The number of nitrogens with one attached hydrogen (secondary N) is 2. The Morgan fingerprint density at radius 2 is 2.07 bits per heavy atom.